The molecule has 2 amide bonds. The average molecular weight is 248 g/mol. The number of carbonyl (C=O) groups excluding carboxylic acids is 2. The zero-order chi connectivity index (χ0) is 12.4. The van der Waals surface area contributed by atoms with Crippen LogP contribution in [-0.4, -0.2) is 21.8 Å². The summed E-state index contributed by atoms with van der Waals surface area (Å²) in [5.74, 6) is -0.473. The van der Waals surface area contributed by atoms with Crippen molar-refractivity contribution >= 4 is 34.8 Å². The molecule has 1 fully saturated rings. The Bertz CT molecular complexity index is 466. The molecule has 1 heterocycles. The molecule has 0 saturated carbocycles. The lowest BCUT2D eigenvalue weighted by Crippen LogP contribution is -2.38. The first-order valence-corrected chi connectivity index (χ1v) is 5.72. The number of nitrogens with one attached hydrogen (secondary N) is 1. The zero-order valence-electron chi connectivity index (χ0n) is 9.40. The second kappa shape index (κ2) is 4.63. The molecule has 1 saturated heterocycles. The van der Waals surface area contributed by atoms with Crippen molar-refractivity contribution in [1.82, 2.24) is 4.90 Å². The van der Waals surface area contributed by atoms with Gasteiger partial charge in [0.25, 0.3) is 0 Å². The van der Waals surface area contributed by atoms with Gasteiger partial charge in [0.15, 0.2) is 5.11 Å². The van der Waals surface area contributed by atoms with Crippen LogP contribution in [0.15, 0.2) is 24.3 Å². The van der Waals surface area contributed by atoms with E-state index in [9.17, 15) is 9.59 Å². The molecule has 0 radical (unpaired) electrons. The number of anilines is 1. The molecule has 4 nitrogen and oxygen atoms in total. The summed E-state index contributed by atoms with van der Waals surface area (Å²) in [4.78, 5) is 23.9. The van der Waals surface area contributed by atoms with E-state index in [0.717, 1.165) is 16.2 Å². The minimum Gasteiger partial charge on any atom is -0.332 e. The highest BCUT2D eigenvalue weighted by Crippen LogP contribution is 2.15. The summed E-state index contributed by atoms with van der Waals surface area (Å²) in [6.45, 7) is 1.98. The van der Waals surface area contributed by atoms with E-state index < -0.39 is 0 Å². The molecule has 0 unspecified atom stereocenters. The van der Waals surface area contributed by atoms with Crippen LogP contribution in [0.5, 0.6) is 0 Å². The van der Waals surface area contributed by atoms with E-state index in [1.165, 1.54) is 0 Å². The number of thiocarbonyl (C=S) groups is 1. The monoisotopic (exact) mass is 248 g/mol. The third-order valence-electron chi connectivity index (χ3n) is 2.56. The molecule has 1 aromatic rings. The number of hydrogen-bond donors (Lipinski definition) is 1. The summed E-state index contributed by atoms with van der Waals surface area (Å²) in [5.41, 5.74) is 1.91. The maximum absolute atomic E-state index is 11.4. The summed E-state index contributed by atoms with van der Waals surface area (Å²) >= 11 is 5.06. The van der Waals surface area contributed by atoms with Gasteiger partial charge in [-0.15, -0.1) is 0 Å². The highest BCUT2D eigenvalue weighted by atomic mass is 32.1. The number of carbonyl (C=O) groups is 2. The molecule has 1 aromatic carbocycles. The first-order valence-electron chi connectivity index (χ1n) is 5.31. The number of aryl methyl sites for hydroxylation is 1. The Kier molecular flexibility index (Phi) is 3.19. The normalized spacial score (nSPS) is 15.2. The summed E-state index contributed by atoms with van der Waals surface area (Å²) < 4.78 is 0. The van der Waals surface area contributed by atoms with Crippen molar-refractivity contribution in [3.05, 3.63) is 29.8 Å². The standard InChI is InChI=1S/C12H12N2O2S/c1-8-2-4-9(5-3-8)13-12(17)14-10(15)6-7-11(14)16/h2-5H,6-7H2,1H3,(H,13,17). The van der Waals surface area contributed by atoms with Gasteiger partial charge in [-0.1, -0.05) is 17.7 Å². The Balaban J connectivity index is 2.09. The zero-order valence-corrected chi connectivity index (χ0v) is 10.2. The van der Waals surface area contributed by atoms with Crippen LogP contribution in [0.3, 0.4) is 0 Å². The highest BCUT2D eigenvalue weighted by Gasteiger charge is 2.32. The Morgan fingerprint density at radius 2 is 1.71 bits per heavy atom. The number of rotatable bonds is 1. The highest BCUT2D eigenvalue weighted by molar-refractivity contribution is 7.80. The van der Waals surface area contributed by atoms with Crippen LogP contribution >= 0.6 is 12.2 Å². The van der Waals surface area contributed by atoms with Crippen LogP contribution in [-0.2, 0) is 9.59 Å². The number of amides is 2. The summed E-state index contributed by atoms with van der Waals surface area (Å²) in [6.07, 6.45) is 0.489. The fourth-order valence-electron chi connectivity index (χ4n) is 1.62. The summed E-state index contributed by atoms with van der Waals surface area (Å²) in [7, 11) is 0. The molecular weight excluding hydrogens is 236 g/mol. The van der Waals surface area contributed by atoms with E-state index in [-0.39, 0.29) is 29.8 Å². The summed E-state index contributed by atoms with van der Waals surface area (Å²) in [6, 6.07) is 7.57. The van der Waals surface area contributed by atoms with Gasteiger partial charge in [-0.25, -0.2) is 4.90 Å². The van der Waals surface area contributed by atoms with Crippen LogP contribution in [0.4, 0.5) is 5.69 Å². The average Bonchev–Trinajstić information content (AvgIpc) is 2.62. The third kappa shape index (κ3) is 2.50. The van der Waals surface area contributed by atoms with Gasteiger partial charge in [0.1, 0.15) is 0 Å². The van der Waals surface area contributed by atoms with Gasteiger partial charge in [0, 0.05) is 18.5 Å². The second-order valence-corrected chi connectivity index (χ2v) is 4.31. The number of imide groups is 1. The molecule has 88 valence electrons. The molecule has 17 heavy (non-hydrogen) atoms. The molecule has 0 bridgehead atoms. The maximum Gasteiger partial charge on any atom is 0.236 e. The molecule has 0 aromatic heterocycles. The molecule has 1 N–H and O–H groups in total. The molecule has 5 heteroatoms. The molecule has 0 spiro atoms. The van der Waals surface area contributed by atoms with Crippen LogP contribution in [0.25, 0.3) is 0 Å². The van der Waals surface area contributed by atoms with E-state index in [1.807, 2.05) is 31.2 Å². The second-order valence-electron chi connectivity index (χ2n) is 3.92. The molecule has 1 aliphatic heterocycles. The Morgan fingerprint density at radius 3 is 2.24 bits per heavy atom. The minimum atomic E-state index is -0.236. The lowest BCUT2D eigenvalue weighted by molar-refractivity contribution is -0.133. The molecule has 0 aliphatic carbocycles. The van der Waals surface area contributed by atoms with Crippen molar-refractivity contribution in [3.63, 3.8) is 0 Å². The summed E-state index contributed by atoms with van der Waals surface area (Å²) in [5, 5.41) is 3.04. The molecular formula is C12H12N2O2S. The van der Waals surface area contributed by atoms with E-state index in [2.05, 4.69) is 5.32 Å². The Morgan fingerprint density at radius 1 is 1.18 bits per heavy atom. The van der Waals surface area contributed by atoms with E-state index in [4.69, 9.17) is 12.2 Å². The molecule has 2 rings (SSSR count). The van der Waals surface area contributed by atoms with Crippen molar-refractivity contribution in [3.8, 4) is 0 Å². The number of likely N-dealkylation sites (tertiary alicyclic amines) is 1. The Labute approximate surface area is 105 Å². The van der Waals surface area contributed by atoms with Crippen LogP contribution in [0.2, 0.25) is 0 Å². The predicted octanol–water partition coefficient (Wildman–Crippen LogP) is 1.84. The topological polar surface area (TPSA) is 49.4 Å². The van der Waals surface area contributed by atoms with Crippen molar-refractivity contribution in [2.24, 2.45) is 0 Å². The van der Waals surface area contributed by atoms with Gasteiger partial charge < -0.3 is 5.32 Å². The van der Waals surface area contributed by atoms with Gasteiger partial charge in [-0.05, 0) is 31.3 Å². The molecule has 0 atom stereocenters. The number of hydrogen-bond acceptors (Lipinski definition) is 3. The van der Waals surface area contributed by atoms with E-state index in [0.29, 0.717) is 0 Å². The quantitative estimate of drug-likeness (QED) is 0.608. The lowest BCUT2D eigenvalue weighted by atomic mass is 10.2. The van der Waals surface area contributed by atoms with Crippen LogP contribution in [0.1, 0.15) is 18.4 Å². The third-order valence-corrected chi connectivity index (χ3v) is 2.84. The van der Waals surface area contributed by atoms with Gasteiger partial charge in [-0.2, -0.15) is 0 Å². The largest absolute Gasteiger partial charge is 0.332 e. The number of nitrogens with zero attached hydrogens (tertiary/aromatic N) is 1. The van der Waals surface area contributed by atoms with Crippen molar-refractivity contribution in [1.29, 1.82) is 0 Å². The van der Waals surface area contributed by atoms with Crippen molar-refractivity contribution in [2.75, 3.05) is 5.32 Å². The fourth-order valence-corrected chi connectivity index (χ4v) is 1.94. The van der Waals surface area contributed by atoms with Gasteiger partial charge in [-0.3, -0.25) is 9.59 Å². The van der Waals surface area contributed by atoms with Crippen molar-refractivity contribution in [2.45, 2.75) is 19.8 Å². The smallest absolute Gasteiger partial charge is 0.236 e. The van der Waals surface area contributed by atoms with Crippen LogP contribution in [0, 0.1) is 6.92 Å². The lowest BCUT2D eigenvalue weighted by Gasteiger charge is -2.16. The van der Waals surface area contributed by atoms with Gasteiger partial charge >= 0.3 is 0 Å². The first kappa shape index (κ1) is 11.7. The molecule has 1 aliphatic rings. The predicted molar refractivity (Wildman–Crippen MR) is 68.5 cm³/mol. The fraction of sp³-hybridized carbons (Fsp3) is 0.250. The van der Waals surface area contributed by atoms with E-state index >= 15 is 0 Å². The van der Waals surface area contributed by atoms with Gasteiger partial charge in [0.2, 0.25) is 11.8 Å². The maximum atomic E-state index is 11.4. The van der Waals surface area contributed by atoms with E-state index in [1.54, 1.807) is 0 Å². The van der Waals surface area contributed by atoms with Crippen LogP contribution < -0.4 is 5.32 Å². The first-order chi connectivity index (χ1) is 8.08. The minimum absolute atomic E-state index is 0.154. The SMILES string of the molecule is Cc1ccc(NC(=S)N2C(=O)CCC2=O)cc1. The number of benzene rings is 1. The van der Waals surface area contributed by atoms with Crippen molar-refractivity contribution < 1.29 is 9.59 Å². The Hall–Kier alpha value is -1.75. The van der Waals surface area contributed by atoms with Gasteiger partial charge in [0.05, 0.1) is 0 Å².